The van der Waals surface area contributed by atoms with Crippen LogP contribution < -0.4 is 4.74 Å². The smallest absolute Gasteiger partial charge is 0.242 e. The Morgan fingerprint density at radius 2 is 1.83 bits per heavy atom. The van der Waals surface area contributed by atoms with Crippen molar-refractivity contribution >= 4 is 11.6 Å². The molecule has 0 N–H and O–H groups in total. The van der Waals surface area contributed by atoms with Crippen molar-refractivity contribution in [1.82, 2.24) is 10.2 Å². The van der Waals surface area contributed by atoms with Gasteiger partial charge in [-0.15, -0.1) is 10.2 Å². The number of rotatable bonds is 2. The highest BCUT2D eigenvalue weighted by Gasteiger charge is 2.13. The van der Waals surface area contributed by atoms with Gasteiger partial charge in [-0.1, -0.05) is 23.7 Å². The van der Waals surface area contributed by atoms with Crippen LogP contribution in [-0.2, 0) is 0 Å². The van der Waals surface area contributed by atoms with Crippen molar-refractivity contribution in [2.24, 2.45) is 0 Å². The Labute approximate surface area is 110 Å². The van der Waals surface area contributed by atoms with Gasteiger partial charge in [-0.25, -0.2) is 4.39 Å². The summed E-state index contributed by atoms with van der Waals surface area (Å²) in [5, 5.41) is 7.91. The van der Waals surface area contributed by atoms with Gasteiger partial charge in [-0.2, -0.15) is 0 Å². The molecule has 0 atom stereocenters. The third kappa shape index (κ3) is 2.29. The molecule has 2 rings (SSSR count). The number of halogens is 2. The van der Waals surface area contributed by atoms with Crippen LogP contribution in [0.4, 0.5) is 4.39 Å². The molecule has 1 aromatic heterocycles. The molecule has 0 aliphatic rings. The molecule has 0 amide bonds. The minimum absolute atomic E-state index is 0.133. The van der Waals surface area contributed by atoms with Crippen LogP contribution in [0.3, 0.4) is 0 Å². The van der Waals surface area contributed by atoms with E-state index in [0.717, 1.165) is 11.1 Å². The highest BCUT2D eigenvalue weighted by Crippen LogP contribution is 2.29. The predicted molar refractivity (Wildman–Crippen MR) is 67.7 cm³/mol. The van der Waals surface area contributed by atoms with Crippen molar-refractivity contribution in [1.29, 1.82) is 0 Å². The summed E-state index contributed by atoms with van der Waals surface area (Å²) in [4.78, 5) is 0. The van der Waals surface area contributed by atoms with E-state index in [2.05, 4.69) is 10.2 Å². The molecule has 5 heteroatoms. The zero-order chi connectivity index (χ0) is 13.3. The van der Waals surface area contributed by atoms with E-state index in [1.807, 2.05) is 6.92 Å². The van der Waals surface area contributed by atoms with E-state index in [-0.39, 0.29) is 11.6 Å². The summed E-state index contributed by atoms with van der Waals surface area (Å²) in [6.45, 7) is 5.29. The van der Waals surface area contributed by atoms with Crippen molar-refractivity contribution in [3.63, 3.8) is 0 Å². The molecular formula is C13H12ClFN2O. The molecule has 18 heavy (non-hydrogen) atoms. The average Bonchev–Trinajstić information content (AvgIpc) is 2.35. The maximum atomic E-state index is 13.8. The maximum absolute atomic E-state index is 13.8. The summed E-state index contributed by atoms with van der Waals surface area (Å²) in [5.41, 5.74) is 2.04. The molecule has 0 spiro atoms. The lowest BCUT2D eigenvalue weighted by atomic mass is 10.2. The van der Waals surface area contributed by atoms with Crippen LogP contribution in [0.1, 0.15) is 16.7 Å². The Kier molecular flexibility index (Phi) is 3.48. The van der Waals surface area contributed by atoms with Crippen molar-refractivity contribution in [2.75, 3.05) is 0 Å². The van der Waals surface area contributed by atoms with Crippen LogP contribution in [0.2, 0.25) is 5.15 Å². The molecule has 0 unspecified atom stereocenters. The summed E-state index contributed by atoms with van der Waals surface area (Å²) in [6.07, 6.45) is 0. The molecule has 0 aliphatic carbocycles. The van der Waals surface area contributed by atoms with Crippen LogP contribution in [0.25, 0.3) is 0 Å². The van der Waals surface area contributed by atoms with Crippen molar-refractivity contribution < 1.29 is 9.13 Å². The molecule has 0 saturated carbocycles. The molecule has 0 bridgehead atoms. The van der Waals surface area contributed by atoms with Gasteiger partial charge in [0.15, 0.2) is 16.7 Å². The minimum Gasteiger partial charge on any atom is -0.434 e. The lowest BCUT2D eigenvalue weighted by Gasteiger charge is -2.10. The second-order valence-electron chi connectivity index (χ2n) is 4.04. The summed E-state index contributed by atoms with van der Waals surface area (Å²) in [5.74, 6) is 0.00169. The lowest BCUT2D eigenvalue weighted by molar-refractivity contribution is 0.416. The van der Waals surface area contributed by atoms with E-state index >= 15 is 0 Å². The van der Waals surface area contributed by atoms with Crippen molar-refractivity contribution in [3.05, 3.63) is 45.9 Å². The average molecular weight is 267 g/mol. The fraction of sp³-hybridized carbons (Fsp3) is 0.231. The van der Waals surface area contributed by atoms with Gasteiger partial charge in [0.25, 0.3) is 0 Å². The SMILES string of the molecule is Cc1cccc(Oc2nnc(Cl)c(C)c2C)c1F. The normalized spacial score (nSPS) is 10.5. The Bertz CT molecular complexity index is 602. The molecular weight excluding hydrogens is 255 g/mol. The Balaban J connectivity index is 2.41. The zero-order valence-corrected chi connectivity index (χ0v) is 11.0. The summed E-state index contributed by atoms with van der Waals surface area (Å²) >= 11 is 5.84. The Hall–Kier alpha value is -1.68. The standard InChI is InChI=1S/C13H12ClFN2O/c1-7-5-4-6-10(11(7)15)18-13-9(3)8(2)12(14)16-17-13/h4-6H,1-3H3. The van der Waals surface area contributed by atoms with Gasteiger partial charge in [-0.3, -0.25) is 0 Å². The van der Waals surface area contributed by atoms with E-state index in [1.165, 1.54) is 0 Å². The van der Waals surface area contributed by atoms with Gasteiger partial charge in [0.2, 0.25) is 5.88 Å². The van der Waals surface area contributed by atoms with Gasteiger partial charge >= 0.3 is 0 Å². The van der Waals surface area contributed by atoms with Crippen molar-refractivity contribution in [3.8, 4) is 11.6 Å². The third-order valence-electron chi connectivity index (χ3n) is 2.78. The van der Waals surface area contributed by atoms with E-state index in [1.54, 1.807) is 32.0 Å². The number of aromatic nitrogens is 2. The topological polar surface area (TPSA) is 35.0 Å². The van der Waals surface area contributed by atoms with Gasteiger partial charge in [0.05, 0.1) is 0 Å². The quantitative estimate of drug-likeness (QED) is 0.824. The fourth-order valence-corrected chi connectivity index (χ4v) is 1.63. The maximum Gasteiger partial charge on any atom is 0.242 e. The minimum atomic E-state index is -0.397. The van der Waals surface area contributed by atoms with Crippen LogP contribution in [0.15, 0.2) is 18.2 Å². The Morgan fingerprint density at radius 1 is 1.11 bits per heavy atom. The van der Waals surface area contributed by atoms with Crippen LogP contribution in [0, 0.1) is 26.6 Å². The summed E-state index contributed by atoms with van der Waals surface area (Å²) < 4.78 is 19.2. The zero-order valence-electron chi connectivity index (χ0n) is 10.3. The number of benzene rings is 1. The lowest BCUT2D eigenvalue weighted by Crippen LogP contribution is -1.99. The number of aryl methyl sites for hydroxylation is 1. The number of hydrogen-bond donors (Lipinski definition) is 0. The van der Waals surface area contributed by atoms with E-state index in [0.29, 0.717) is 10.7 Å². The first-order valence-electron chi connectivity index (χ1n) is 5.43. The van der Waals surface area contributed by atoms with Gasteiger partial charge in [-0.05, 0) is 38.0 Å². The summed E-state index contributed by atoms with van der Waals surface area (Å²) in [7, 11) is 0. The Morgan fingerprint density at radius 3 is 2.56 bits per heavy atom. The second kappa shape index (κ2) is 4.90. The van der Waals surface area contributed by atoms with E-state index < -0.39 is 5.82 Å². The van der Waals surface area contributed by atoms with Crippen LogP contribution in [0.5, 0.6) is 11.6 Å². The molecule has 0 aliphatic heterocycles. The molecule has 0 saturated heterocycles. The third-order valence-corrected chi connectivity index (χ3v) is 3.14. The fourth-order valence-electron chi connectivity index (χ4n) is 1.45. The molecule has 0 fully saturated rings. The second-order valence-corrected chi connectivity index (χ2v) is 4.39. The largest absolute Gasteiger partial charge is 0.434 e. The molecule has 1 heterocycles. The molecule has 1 aromatic carbocycles. The highest BCUT2D eigenvalue weighted by molar-refractivity contribution is 6.30. The monoisotopic (exact) mass is 266 g/mol. The van der Waals surface area contributed by atoms with Crippen molar-refractivity contribution in [2.45, 2.75) is 20.8 Å². The van der Waals surface area contributed by atoms with Crippen LogP contribution in [-0.4, -0.2) is 10.2 Å². The van der Waals surface area contributed by atoms with E-state index in [9.17, 15) is 4.39 Å². The van der Waals surface area contributed by atoms with Gasteiger partial charge < -0.3 is 4.74 Å². The number of ether oxygens (including phenoxy) is 1. The number of nitrogens with zero attached hydrogens (tertiary/aromatic N) is 2. The summed E-state index contributed by atoms with van der Waals surface area (Å²) in [6, 6.07) is 4.94. The first-order chi connectivity index (χ1) is 8.50. The molecule has 94 valence electrons. The van der Waals surface area contributed by atoms with Gasteiger partial charge in [0.1, 0.15) is 0 Å². The first-order valence-corrected chi connectivity index (χ1v) is 5.81. The predicted octanol–water partition coefficient (Wildman–Crippen LogP) is 3.99. The highest BCUT2D eigenvalue weighted by atomic mass is 35.5. The molecule has 2 aromatic rings. The molecule has 3 nitrogen and oxygen atoms in total. The number of hydrogen-bond acceptors (Lipinski definition) is 3. The van der Waals surface area contributed by atoms with Crippen LogP contribution >= 0.6 is 11.6 Å². The van der Waals surface area contributed by atoms with Gasteiger partial charge in [0, 0.05) is 5.56 Å². The first kappa shape index (κ1) is 12.8. The van der Waals surface area contributed by atoms with E-state index in [4.69, 9.17) is 16.3 Å². The molecule has 0 radical (unpaired) electrons.